The minimum Gasteiger partial charge on any atom is -0.487 e. The monoisotopic (exact) mass is 374 g/mol. The van der Waals surface area contributed by atoms with Gasteiger partial charge in [-0.1, -0.05) is 6.07 Å². The number of benzene rings is 1. The fourth-order valence-electron chi connectivity index (χ4n) is 3.99. The summed E-state index contributed by atoms with van der Waals surface area (Å²) in [6.07, 6.45) is 7.51. The number of aliphatic hydroxyl groups is 1. The second-order valence-corrected chi connectivity index (χ2v) is 7.31. The van der Waals surface area contributed by atoms with Crippen LogP contribution in [0.15, 0.2) is 61.2 Å². The van der Waals surface area contributed by atoms with Gasteiger partial charge in [-0.15, -0.1) is 0 Å². The third-order valence-electron chi connectivity index (χ3n) is 5.45. The topological polar surface area (TPSA) is 74.3 Å². The predicted octanol–water partition coefficient (Wildman–Crippen LogP) is 3.13. The van der Waals surface area contributed by atoms with Crippen molar-refractivity contribution in [2.45, 2.75) is 25.2 Å². The Hall–Kier alpha value is -2.96. The minimum absolute atomic E-state index is 0.216. The van der Waals surface area contributed by atoms with Gasteiger partial charge in [0.05, 0.1) is 5.52 Å². The van der Waals surface area contributed by atoms with Crippen molar-refractivity contribution in [3.8, 4) is 5.75 Å². The molecule has 1 aliphatic heterocycles. The largest absolute Gasteiger partial charge is 0.487 e. The number of pyridine rings is 2. The number of nitrogens with zero attached hydrogens (tertiary/aromatic N) is 3. The Kier molecular flexibility index (Phi) is 4.43. The molecule has 4 heterocycles. The van der Waals surface area contributed by atoms with Gasteiger partial charge in [0.15, 0.2) is 0 Å². The van der Waals surface area contributed by atoms with Crippen LogP contribution in [0.5, 0.6) is 5.75 Å². The molecular formula is C22H22N4O2. The van der Waals surface area contributed by atoms with Gasteiger partial charge < -0.3 is 14.8 Å². The Morgan fingerprint density at radius 2 is 2.11 bits per heavy atom. The van der Waals surface area contributed by atoms with Gasteiger partial charge in [0.25, 0.3) is 0 Å². The molecule has 0 spiro atoms. The van der Waals surface area contributed by atoms with E-state index in [0.29, 0.717) is 6.54 Å². The lowest BCUT2D eigenvalue weighted by molar-refractivity contribution is -0.0267. The molecule has 0 saturated carbocycles. The number of aromatic amines is 1. The Morgan fingerprint density at radius 1 is 1.14 bits per heavy atom. The molecule has 142 valence electrons. The zero-order valence-corrected chi connectivity index (χ0v) is 15.5. The van der Waals surface area contributed by atoms with Crippen molar-refractivity contribution in [1.29, 1.82) is 0 Å². The summed E-state index contributed by atoms with van der Waals surface area (Å²) in [5.41, 5.74) is 3.20. The highest BCUT2D eigenvalue weighted by Gasteiger charge is 2.30. The molecule has 1 aromatic carbocycles. The number of piperidine rings is 1. The molecule has 2 atom stereocenters. The molecule has 5 rings (SSSR count). The molecule has 0 bridgehead atoms. The van der Waals surface area contributed by atoms with Crippen molar-refractivity contribution in [2.75, 3.05) is 13.1 Å². The summed E-state index contributed by atoms with van der Waals surface area (Å²) in [6.45, 7) is 2.24. The molecule has 0 unspecified atom stereocenters. The normalized spacial score (nSPS) is 20.6. The predicted molar refractivity (Wildman–Crippen MR) is 108 cm³/mol. The highest BCUT2D eigenvalue weighted by atomic mass is 16.5. The van der Waals surface area contributed by atoms with E-state index in [2.05, 4.69) is 19.9 Å². The molecule has 0 amide bonds. The van der Waals surface area contributed by atoms with E-state index in [4.69, 9.17) is 4.74 Å². The van der Waals surface area contributed by atoms with E-state index < -0.39 is 6.10 Å². The first-order valence-electron chi connectivity index (χ1n) is 9.59. The molecule has 2 N–H and O–H groups in total. The average Bonchev–Trinajstić information content (AvgIpc) is 3.13. The molecule has 6 nitrogen and oxygen atoms in total. The third-order valence-corrected chi connectivity index (χ3v) is 5.45. The number of rotatable bonds is 4. The number of β-amino-alcohol motifs (C(OH)–C–C–N with tert-alkyl or cyclic N) is 1. The van der Waals surface area contributed by atoms with Crippen LogP contribution in [0.3, 0.4) is 0 Å². The van der Waals surface area contributed by atoms with E-state index in [0.717, 1.165) is 47.1 Å². The summed E-state index contributed by atoms with van der Waals surface area (Å²) in [7, 11) is 0. The van der Waals surface area contributed by atoms with E-state index >= 15 is 0 Å². The second-order valence-electron chi connectivity index (χ2n) is 7.31. The van der Waals surface area contributed by atoms with Gasteiger partial charge in [-0.3, -0.25) is 14.9 Å². The van der Waals surface area contributed by atoms with Crippen molar-refractivity contribution in [3.05, 3.63) is 66.7 Å². The first kappa shape index (κ1) is 17.2. The van der Waals surface area contributed by atoms with Crippen LogP contribution < -0.4 is 4.74 Å². The Bertz CT molecular complexity index is 1100. The maximum absolute atomic E-state index is 10.7. The summed E-state index contributed by atoms with van der Waals surface area (Å²) in [6, 6.07) is 11.7. The van der Waals surface area contributed by atoms with E-state index in [-0.39, 0.29) is 6.10 Å². The van der Waals surface area contributed by atoms with Gasteiger partial charge in [0.2, 0.25) is 0 Å². The molecule has 6 heteroatoms. The van der Waals surface area contributed by atoms with Crippen molar-refractivity contribution >= 4 is 21.8 Å². The van der Waals surface area contributed by atoms with Gasteiger partial charge >= 0.3 is 0 Å². The summed E-state index contributed by atoms with van der Waals surface area (Å²) in [5, 5.41) is 12.8. The van der Waals surface area contributed by atoms with Gasteiger partial charge in [-0.05, 0) is 42.3 Å². The Labute approximate surface area is 162 Å². The van der Waals surface area contributed by atoms with Crippen LogP contribution in [-0.2, 0) is 6.54 Å². The molecule has 0 radical (unpaired) electrons. The molecule has 0 aliphatic carbocycles. The highest BCUT2D eigenvalue weighted by Crippen LogP contribution is 2.28. The lowest BCUT2D eigenvalue weighted by atomic mass is 10.0. The van der Waals surface area contributed by atoms with Crippen LogP contribution in [0.1, 0.15) is 12.0 Å². The number of likely N-dealkylation sites (tertiary alicyclic amines) is 1. The standard InChI is InChI=1S/C22H22N4O2/c27-20-14-26(13-15-11-25-19-6-9-23-12-17(15)19)10-7-22(20)28-21-5-1-4-18-16(21)3-2-8-24-18/h1-6,8-9,11-12,20,22,25,27H,7,10,13-14H2/t20-,22-/m1/s1. The number of H-pyrrole nitrogens is 1. The van der Waals surface area contributed by atoms with Crippen molar-refractivity contribution in [2.24, 2.45) is 0 Å². The molecular weight excluding hydrogens is 352 g/mol. The number of nitrogens with one attached hydrogen (secondary N) is 1. The van der Waals surface area contributed by atoms with Crippen LogP contribution in [0, 0.1) is 0 Å². The Morgan fingerprint density at radius 3 is 3.04 bits per heavy atom. The fourth-order valence-corrected chi connectivity index (χ4v) is 3.99. The molecule has 1 aliphatic rings. The van der Waals surface area contributed by atoms with Crippen LogP contribution >= 0.6 is 0 Å². The lowest BCUT2D eigenvalue weighted by Gasteiger charge is -2.36. The number of hydrogen-bond donors (Lipinski definition) is 2. The number of aromatic nitrogens is 3. The summed E-state index contributed by atoms with van der Waals surface area (Å²) < 4.78 is 6.20. The molecule has 1 fully saturated rings. The SMILES string of the molecule is O[C@@H]1CN(Cc2c[nH]c3ccncc23)CC[C@H]1Oc1cccc2ncccc12. The van der Waals surface area contributed by atoms with Gasteiger partial charge in [0.1, 0.15) is 18.0 Å². The van der Waals surface area contributed by atoms with E-state index in [1.54, 1.807) is 12.4 Å². The van der Waals surface area contributed by atoms with Crippen molar-refractivity contribution in [1.82, 2.24) is 19.9 Å². The van der Waals surface area contributed by atoms with Crippen LogP contribution in [0.4, 0.5) is 0 Å². The van der Waals surface area contributed by atoms with Crippen LogP contribution in [0.25, 0.3) is 21.8 Å². The van der Waals surface area contributed by atoms with Gasteiger partial charge in [-0.25, -0.2) is 0 Å². The first-order chi connectivity index (χ1) is 13.8. The summed E-state index contributed by atoms with van der Waals surface area (Å²) in [4.78, 5) is 14.2. The second kappa shape index (κ2) is 7.22. The number of hydrogen-bond acceptors (Lipinski definition) is 5. The van der Waals surface area contributed by atoms with E-state index in [1.807, 2.05) is 48.8 Å². The molecule has 28 heavy (non-hydrogen) atoms. The molecule has 3 aromatic heterocycles. The zero-order valence-electron chi connectivity index (χ0n) is 15.5. The Balaban J connectivity index is 1.28. The van der Waals surface area contributed by atoms with Crippen LogP contribution in [-0.4, -0.2) is 50.3 Å². The van der Waals surface area contributed by atoms with Crippen LogP contribution in [0.2, 0.25) is 0 Å². The van der Waals surface area contributed by atoms with E-state index in [9.17, 15) is 5.11 Å². The summed E-state index contributed by atoms with van der Waals surface area (Å²) >= 11 is 0. The number of fused-ring (bicyclic) bond motifs is 2. The number of ether oxygens (including phenoxy) is 1. The maximum Gasteiger partial charge on any atom is 0.129 e. The number of aliphatic hydroxyl groups excluding tert-OH is 1. The first-order valence-corrected chi connectivity index (χ1v) is 9.59. The molecule has 1 saturated heterocycles. The van der Waals surface area contributed by atoms with Crippen molar-refractivity contribution in [3.63, 3.8) is 0 Å². The highest BCUT2D eigenvalue weighted by molar-refractivity contribution is 5.84. The molecule has 4 aromatic rings. The quantitative estimate of drug-likeness (QED) is 0.574. The fraction of sp³-hybridized carbons (Fsp3) is 0.273. The zero-order chi connectivity index (χ0) is 18.9. The smallest absolute Gasteiger partial charge is 0.129 e. The van der Waals surface area contributed by atoms with Gasteiger partial charge in [-0.2, -0.15) is 0 Å². The van der Waals surface area contributed by atoms with Gasteiger partial charge in [0, 0.05) is 60.7 Å². The van der Waals surface area contributed by atoms with E-state index in [1.165, 1.54) is 5.56 Å². The van der Waals surface area contributed by atoms with Crippen molar-refractivity contribution < 1.29 is 9.84 Å². The minimum atomic E-state index is -0.538. The average molecular weight is 374 g/mol. The summed E-state index contributed by atoms with van der Waals surface area (Å²) in [5.74, 6) is 0.783. The lowest BCUT2D eigenvalue weighted by Crippen LogP contribution is -2.48. The maximum atomic E-state index is 10.7. The third kappa shape index (κ3) is 3.21.